The van der Waals surface area contributed by atoms with Gasteiger partial charge in [0.25, 0.3) is 0 Å². The number of carbonyl (C=O) groups excluding carboxylic acids is 1. The summed E-state index contributed by atoms with van der Waals surface area (Å²) in [4.78, 5) is 22.5. The highest BCUT2D eigenvalue weighted by molar-refractivity contribution is 7.47. The van der Waals surface area contributed by atoms with Crippen LogP contribution in [-0.2, 0) is 27.9 Å². The number of hydrogen-bond donors (Lipinski definition) is 1. The van der Waals surface area contributed by atoms with E-state index in [1.165, 1.54) is 89.9 Å². The van der Waals surface area contributed by atoms with Gasteiger partial charge in [0.2, 0.25) is 0 Å². The summed E-state index contributed by atoms with van der Waals surface area (Å²) in [7, 11) is 1.66. The first kappa shape index (κ1) is 47.6. The van der Waals surface area contributed by atoms with Crippen LogP contribution >= 0.6 is 7.82 Å². The van der Waals surface area contributed by atoms with E-state index < -0.39 is 13.9 Å². The molecule has 8 nitrogen and oxygen atoms in total. The van der Waals surface area contributed by atoms with Crippen LogP contribution in [0.4, 0.5) is 0 Å². The number of quaternary nitrogens is 1. The summed E-state index contributed by atoms with van der Waals surface area (Å²) in [6, 6.07) is 0. The van der Waals surface area contributed by atoms with Gasteiger partial charge >= 0.3 is 13.8 Å². The van der Waals surface area contributed by atoms with Crippen molar-refractivity contribution in [2.75, 3.05) is 47.5 Å². The molecule has 0 radical (unpaired) electrons. The van der Waals surface area contributed by atoms with E-state index in [4.69, 9.17) is 18.5 Å². The maximum Gasteiger partial charge on any atom is 0.472 e. The fourth-order valence-electron chi connectivity index (χ4n) is 5.04. The van der Waals surface area contributed by atoms with Crippen molar-refractivity contribution < 1.29 is 37.3 Å². The van der Waals surface area contributed by atoms with Crippen LogP contribution in [0.3, 0.4) is 0 Å². The van der Waals surface area contributed by atoms with E-state index in [1.54, 1.807) is 6.26 Å². The third-order valence-corrected chi connectivity index (χ3v) is 9.25. The number of nitrogens with zero attached hydrogens (tertiary/aromatic N) is 1. The molecule has 0 aliphatic carbocycles. The van der Waals surface area contributed by atoms with Crippen molar-refractivity contribution >= 4 is 13.8 Å². The average molecular weight is 715 g/mol. The molecule has 0 aliphatic heterocycles. The van der Waals surface area contributed by atoms with Crippen molar-refractivity contribution in [3.63, 3.8) is 0 Å². The monoisotopic (exact) mass is 715 g/mol. The van der Waals surface area contributed by atoms with Gasteiger partial charge in [-0.05, 0) is 70.3 Å². The molecule has 0 fully saturated rings. The Bertz CT molecular complexity index is 884. The number of phosphoric ester groups is 1. The number of carbonyl (C=O) groups is 1. The molecule has 9 heteroatoms. The normalized spacial score (nSPS) is 14.2. The number of esters is 1. The molecule has 0 aromatic rings. The van der Waals surface area contributed by atoms with E-state index in [-0.39, 0.29) is 25.8 Å². The van der Waals surface area contributed by atoms with Crippen LogP contribution in [0.5, 0.6) is 0 Å². The smallest absolute Gasteiger partial charge is 0.472 e. The molecule has 0 rings (SSSR count). The first-order chi connectivity index (χ1) is 23.6. The maximum absolute atomic E-state index is 12.4. The van der Waals surface area contributed by atoms with Gasteiger partial charge in [0, 0.05) is 6.42 Å². The quantitative estimate of drug-likeness (QED) is 0.0172. The third kappa shape index (κ3) is 37.6. The Morgan fingerprint density at radius 2 is 1.10 bits per heavy atom. The predicted molar refractivity (Wildman–Crippen MR) is 205 cm³/mol. The van der Waals surface area contributed by atoms with Gasteiger partial charge in [-0.25, -0.2) is 4.57 Å². The van der Waals surface area contributed by atoms with Crippen LogP contribution in [0, 0.1) is 0 Å². The molecule has 0 aromatic heterocycles. The zero-order chi connectivity index (χ0) is 36.3. The number of phosphoric acid groups is 1. The Kier molecular flexibility index (Phi) is 32.7. The Morgan fingerprint density at radius 3 is 1.63 bits per heavy atom. The molecule has 2 atom stereocenters. The van der Waals surface area contributed by atoms with E-state index in [0.29, 0.717) is 17.4 Å². The van der Waals surface area contributed by atoms with Crippen molar-refractivity contribution in [1.29, 1.82) is 0 Å². The van der Waals surface area contributed by atoms with Crippen LogP contribution in [0.25, 0.3) is 0 Å². The highest BCUT2D eigenvalue weighted by Gasteiger charge is 2.25. The molecule has 0 bridgehead atoms. The molecule has 2 unspecified atom stereocenters. The molecule has 288 valence electrons. The molecule has 0 spiro atoms. The van der Waals surface area contributed by atoms with E-state index in [2.05, 4.69) is 38.2 Å². The predicted octanol–water partition coefficient (Wildman–Crippen LogP) is 11.4. The van der Waals surface area contributed by atoms with Crippen molar-refractivity contribution in [3.05, 3.63) is 36.6 Å². The number of rotatable bonds is 36. The van der Waals surface area contributed by atoms with Gasteiger partial charge in [0.15, 0.2) is 6.10 Å². The maximum atomic E-state index is 12.4. The van der Waals surface area contributed by atoms with Gasteiger partial charge in [-0.2, -0.15) is 0 Å². The number of allylic oxidation sites excluding steroid dienone is 5. The molecule has 49 heavy (non-hydrogen) atoms. The van der Waals surface area contributed by atoms with Gasteiger partial charge in [0.05, 0.1) is 34.0 Å². The van der Waals surface area contributed by atoms with Crippen molar-refractivity contribution in [2.45, 2.75) is 168 Å². The van der Waals surface area contributed by atoms with Crippen molar-refractivity contribution in [1.82, 2.24) is 0 Å². The lowest BCUT2D eigenvalue weighted by Gasteiger charge is -2.24. The lowest BCUT2D eigenvalue weighted by Crippen LogP contribution is -2.37. The van der Waals surface area contributed by atoms with E-state index >= 15 is 0 Å². The summed E-state index contributed by atoms with van der Waals surface area (Å²) in [5.74, 6) is -0.292. The molecule has 0 saturated carbocycles. The summed E-state index contributed by atoms with van der Waals surface area (Å²) in [6.45, 7) is 4.83. The zero-order valence-corrected chi connectivity index (χ0v) is 33.3. The minimum atomic E-state index is -4.26. The largest absolute Gasteiger partial charge is 0.492 e. The first-order valence-corrected chi connectivity index (χ1v) is 21.3. The number of likely N-dealkylation sites (N-methyl/N-ethyl adjacent to an activating group) is 1. The Morgan fingerprint density at radius 1 is 0.633 bits per heavy atom. The topological polar surface area (TPSA) is 91.3 Å². The molecule has 0 heterocycles. The van der Waals surface area contributed by atoms with Crippen molar-refractivity contribution in [3.8, 4) is 0 Å². The zero-order valence-electron chi connectivity index (χ0n) is 32.4. The molecule has 0 aliphatic rings. The summed E-state index contributed by atoms with van der Waals surface area (Å²) < 4.78 is 34.6. The van der Waals surface area contributed by atoms with Gasteiger partial charge in [-0.1, -0.05) is 115 Å². The second kappa shape index (κ2) is 33.7. The number of unbranched alkanes of at least 4 members (excludes halogenated alkanes) is 18. The minimum absolute atomic E-state index is 0.0568. The Balaban J connectivity index is 4.37. The van der Waals surface area contributed by atoms with Crippen molar-refractivity contribution in [2.24, 2.45) is 0 Å². The van der Waals surface area contributed by atoms with Gasteiger partial charge < -0.3 is 18.9 Å². The van der Waals surface area contributed by atoms with Crippen LogP contribution < -0.4 is 0 Å². The molecular weight excluding hydrogens is 637 g/mol. The van der Waals surface area contributed by atoms with Gasteiger partial charge in [-0.15, -0.1) is 0 Å². The summed E-state index contributed by atoms with van der Waals surface area (Å²) in [5.41, 5.74) is 0. The lowest BCUT2D eigenvalue weighted by atomic mass is 10.1. The van der Waals surface area contributed by atoms with E-state index in [1.807, 2.05) is 27.2 Å². The van der Waals surface area contributed by atoms with E-state index in [9.17, 15) is 14.3 Å². The van der Waals surface area contributed by atoms with Crippen LogP contribution in [0.15, 0.2) is 36.6 Å². The second-order valence-electron chi connectivity index (χ2n) is 14.4. The molecule has 0 saturated heterocycles. The fourth-order valence-corrected chi connectivity index (χ4v) is 5.78. The lowest BCUT2D eigenvalue weighted by molar-refractivity contribution is -0.870. The average Bonchev–Trinajstić information content (AvgIpc) is 3.05. The number of hydrogen-bond acceptors (Lipinski definition) is 6. The minimum Gasteiger partial charge on any atom is -0.492 e. The highest BCUT2D eigenvalue weighted by atomic mass is 31.2. The molecule has 1 N–H and O–H groups in total. The summed E-state index contributed by atoms with van der Waals surface area (Å²) >= 11 is 0. The van der Waals surface area contributed by atoms with Gasteiger partial charge in [0.1, 0.15) is 19.8 Å². The Hall–Kier alpha value is -1.44. The number of ether oxygens (including phenoxy) is 2. The fraction of sp³-hybridized carbons (Fsp3) is 0.825. The van der Waals surface area contributed by atoms with Gasteiger partial charge in [-0.3, -0.25) is 13.8 Å². The second-order valence-corrected chi connectivity index (χ2v) is 15.8. The summed E-state index contributed by atoms with van der Waals surface area (Å²) in [5, 5.41) is 0. The third-order valence-electron chi connectivity index (χ3n) is 8.26. The molecule has 0 amide bonds. The first-order valence-electron chi connectivity index (χ1n) is 19.8. The summed E-state index contributed by atoms with van der Waals surface area (Å²) in [6.07, 6.45) is 38.5. The molecule has 0 aromatic carbocycles. The highest BCUT2D eigenvalue weighted by Crippen LogP contribution is 2.43. The Labute approximate surface area is 302 Å². The SMILES string of the molecule is CCCC/C=C\CCCCCCCC(=O)OCC(COP(=O)(O)OCC[N+](C)(C)C)O/C=C\CCCCCC/C=C\CCCCCCCC. The molecular formula is C40H77NO7P+. The van der Waals surface area contributed by atoms with Crippen LogP contribution in [0.1, 0.15) is 162 Å². The van der Waals surface area contributed by atoms with Crippen LogP contribution in [-0.4, -0.2) is 69.0 Å². The van der Waals surface area contributed by atoms with Crippen LogP contribution in [0.2, 0.25) is 0 Å². The standard InChI is InChI=1S/C40H76NO7P/c1-6-8-10-12-14-16-18-19-20-21-22-24-26-28-30-32-35-45-39(38-48-49(43,44)47-36-34-41(3,4)5)37-46-40(42)33-31-29-27-25-23-17-15-13-11-9-7-2/h13,15,19-20,32,35,39H,6-12,14,16-18,21-31,33-34,36-38H2,1-5H3/p+1/b15-13-,20-19-,35-32-. The van der Waals surface area contributed by atoms with E-state index in [0.717, 1.165) is 51.4 Å².